The molecule has 3 nitrogen and oxygen atoms in total. The smallest absolute Gasteiger partial charge is 0.204 e. The first-order chi connectivity index (χ1) is 7.18. The molecule has 0 radical (unpaired) electrons. The van der Waals surface area contributed by atoms with Crippen LogP contribution in [-0.4, -0.2) is 24.7 Å². The van der Waals surface area contributed by atoms with E-state index in [1.165, 1.54) is 6.92 Å². The molecule has 0 aliphatic heterocycles. The Kier molecular flexibility index (Phi) is 3.45. The molecule has 1 atom stereocenters. The number of Topliss-reactive ketones (excluding diaryl/α,β-unsaturated/α-hetero) is 1. The van der Waals surface area contributed by atoms with Crippen molar-refractivity contribution in [2.75, 3.05) is 6.26 Å². The number of ketones is 1. The summed E-state index contributed by atoms with van der Waals surface area (Å²) in [4.78, 5) is 12.0. The summed E-state index contributed by atoms with van der Waals surface area (Å²) < 4.78 is 20.9. The molecule has 16 heavy (non-hydrogen) atoms. The average Bonchev–Trinajstić information content (AvgIpc) is 2.15. The van der Waals surface area contributed by atoms with Gasteiger partial charge in [-0.2, -0.15) is 0 Å². The highest BCUT2D eigenvalue weighted by Gasteiger charge is 2.42. The number of carbonyl (C=O) groups excluding carboxylic acids is 1. The molecule has 1 rings (SSSR count). The fourth-order valence-corrected chi connectivity index (χ4v) is 1.79. The Morgan fingerprint density at radius 1 is 1.31 bits per heavy atom. The number of halogens is 1. The first kappa shape index (κ1) is 13.2. The summed E-state index contributed by atoms with van der Waals surface area (Å²) in [7, 11) is -3.65. The van der Waals surface area contributed by atoms with Crippen molar-refractivity contribution in [1.82, 2.24) is 0 Å². The third-order valence-electron chi connectivity index (χ3n) is 2.49. The summed E-state index contributed by atoms with van der Waals surface area (Å²) in [6.45, 7) is 2.95. The summed E-state index contributed by atoms with van der Waals surface area (Å²) in [6.07, 6.45) is 0.955. The molecule has 0 saturated carbocycles. The van der Waals surface area contributed by atoms with Gasteiger partial charge >= 0.3 is 0 Å². The summed E-state index contributed by atoms with van der Waals surface area (Å²) in [6, 6.07) is 6.76. The van der Waals surface area contributed by atoms with E-state index in [0.717, 1.165) is 6.26 Å². The van der Waals surface area contributed by atoms with Crippen LogP contribution < -0.4 is 0 Å². The van der Waals surface area contributed by atoms with Crippen LogP contribution in [-0.2, 0) is 9.84 Å². The van der Waals surface area contributed by atoms with Crippen molar-refractivity contribution in [3.8, 4) is 0 Å². The molecule has 0 amide bonds. The Bertz CT molecular complexity index is 518. The van der Waals surface area contributed by atoms with E-state index in [-0.39, 0.29) is 0 Å². The lowest BCUT2D eigenvalue weighted by Crippen LogP contribution is -2.37. The van der Waals surface area contributed by atoms with Crippen LogP contribution in [0.2, 0.25) is 0 Å². The lowest BCUT2D eigenvalue weighted by atomic mass is 10.0. The third kappa shape index (κ3) is 2.28. The first-order valence-electron chi connectivity index (χ1n) is 4.67. The summed E-state index contributed by atoms with van der Waals surface area (Å²) >= 11 is 5.83. The summed E-state index contributed by atoms with van der Waals surface area (Å²) in [5.41, 5.74) is 1.05. The quantitative estimate of drug-likeness (QED) is 0.618. The van der Waals surface area contributed by atoms with Crippen LogP contribution >= 0.6 is 11.6 Å². The second-order valence-corrected chi connectivity index (χ2v) is 7.17. The lowest BCUT2D eigenvalue weighted by molar-refractivity contribution is 0.0977. The minimum Gasteiger partial charge on any atom is -0.291 e. The van der Waals surface area contributed by atoms with E-state index in [1.807, 2.05) is 0 Å². The van der Waals surface area contributed by atoms with E-state index in [2.05, 4.69) is 0 Å². The van der Waals surface area contributed by atoms with Gasteiger partial charge in [0.25, 0.3) is 0 Å². The van der Waals surface area contributed by atoms with Gasteiger partial charge in [0.1, 0.15) is 0 Å². The van der Waals surface area contributed by atoms with Gasteiger partial charge in [-0.1, -0.05) is 35.9 Å². The molecule has 0 fully saturated rings. The Morgan fingerprint density at radius 2 is 1.81 bits per heavy atom. The normalized spacial score (nSPS) is 15.5. The highest BCUT2D eigenvalue weighted by molar-refractivity contribution is 7.94. The van der Waals surface area contributed by atoms with Crippen molar-refractivity contribution >= 4 is 27.2 Å². The average molecular weight is 261 g/mol. The highest BCUT2D eigenvalue weighted by Crippen LogP contribution is 2.27. The highest BCUT2D eigenvalue weighted by atomic mass is 35.5. The van der Waals surface area contributed by atoms with Gasteiger partial charge in [-0.05, 0) is 19.4 Å². The zero-order valence-corrected chi connectivity index (χ0v) is 10.9. The lowest BCUT2D eigenvalue weighted by Gasteiger charge is -2.19. The fraction of sp³-hybridized carbons (Fsp3) is 0.364. The molecular formula is C11H13ClO3S. The Labute approximate surface area is 100 Å². The standard InChI is InChI=1S/C11H13ClO3S/c1-8-6-4-5-7-9(8)10(13)11(2,12)16(3,14)15/h4-7H,1-3H3. The molecule has 0 N–H and O–H groups in total. The van der Waals surface area contributed by atoms with Gasteiger partial charge in [0.15, 0.2) is 15.6 Å². The molecule has 1 aromatic carbocycles. The van der Waals surface area contributed by atoms with Gasteiger partial charge in [0.05, 0.1) is 0 Å². The summed E-state index contributed by atoms with van der Waals surface area (Å²) in [5, 5.41) is 0. The van der Waals surface area contributed by atoms with Crippen LogP contribution in [0.3, 0.4) is 0 Å². The van der Waals surface area contributed by atoms with Crippen LogP contribution in [0, 0.1) is 6.92 Å². The molecule has 0 aromatic heterocycles. The van der Waals surface area contributed by atoms with Crippen molar-refractivity contribution in [3.63, 3.8) is 0 Å². The molecule has 0 bridgehead atoms. The van der Waals surface area contributed by atoms with Crippen molar-refractivity contribution in [2.45, 2.75) is 18.1 Å². The van der Waals surface area contributed by atoms with Crippen LogP contribution in [0.25, 0.3) is 0 Å². The van der Waals surface area contributed by atoms with Gasteiger partial charge in [-0.15, -0.1) is 0 Å². The zero-order valence-electron chi connectivity index (χ0n) is 9.32. The minimum absolute atomic E-state index is 0.338. The number of benzene rings is 1. The number of alkyl halides is 1. The Hall–Kier alpha value is -0.870. The molecule has 0 aliphatic rings. The van der Waals surface area contributed by atoms with Gasteiger partial charge < -0.3 is 0 Å². The van der Waals surface area contributed by atoms with E-state index in [0.29, 0.717) is 11.1 Å². The van der Waals surface area contributed by atoms with E-state index >= 15 is 0 Å². The number of carbonyl (C=O) groups is 1. The van der Waals surface area contributed by atoms with Gasteiger partial charge in [0.2, 0.25) is 4.21 Å². The van der Waals surface area contributed by atoms with Crippen LogP contribution in [0.15, 0.2) is 24.3 Å². The topological polar surface area (TPSA) is 51.2 Å². The number of sulfone groups is 1. The largest absolute Gasteiger partial charge is 0.291 e. The molecule has 1 unspecified atom stereocenters. The maximum Gasteiger partial charge on any atom is 0.204 e. The maximum absolute atomic E-state index is 12.0. The second-order valence-electron chi connectivity index (χ2n) is 3.83. The monoisotopic (exact) mass is 260 g/mol. The number of aryl methyl sites for hydroxylation is 1. The molecular weight excluding hydrogens is 248 g/mol. The minimum atomic E-state index is -3.65. The molecule has 88 valence electrons. The SMILES string of the molecule is Cc1ccccc1C(=O)C(C)(Cl)S(C)(=O)=O. The molecule has 5 heteroatoms. The molecule has 0 saturated heterocycles. The number of hydrogen-bond donors (Lipinski definition) is 0. The van der Waals surface area contributed by atoms with Crippen LogP contribution in [0.4, 0.5) is 0 Å². The van der Waals surface area contributed by atoms with Crippen molar-refractivity contribution in [1.29, 1.82) is 0 Å². The number of rotatable bonds is 3. The zero-order chi connectivity index (χ0) is 12.6. The Balaban J connectivity index is 3.29. The molecule has 0 spiro atoms. The van der Waals surface area contributed by atoms with Crippen molar-refractivity contribution in [2.24, 2.45) is 0 Å². The maximum atomic E-state index is 12.0. The predicted octanol–water partition coefficient (Wildman–Crippen LogP) is 2.18. The predicted molar refractivity (Wildman–Crippen MR) is 64.6 cm³/mol. The van der Waals surface area contributed by atoms with E-state index < -0.39 is 19.8 Å². The van der Waals surface area contributed by atoms with Crippen LogP contribution in [0.1, 0.15) is 22.8 Å². The van der Waals surface area contributed by atoms with Gasteiger partial charge in [0, 0.05) is 11.8 Å². The second kappa shape index (κ2) is 4.18. The molecule has 0 aliphatic carbocycles. The van der Waals surface area contributed by atoms with E-state index in [1.54, 1.807) is 31.2 Å². The summed E-state index contributed by atoms with van der Waals surface area (Å²) in [5.74, 6) is -0.588. The third-order valence-corrected chi connectivity index (χ3v) is 5.08. The van der Waals surface area contributed by atoms with Crippen molar-refractivity contribution < 1.29 is 13.2 Å². The Morgan fingerprint density at radius 3 is 2.25 bits per heavy atom. The first-order valence-corrected chi connectivity index (χ1v) is 6.94. The van der Waals surface area contributed by atoms with E-state index in [9.17, 15) is 13.2 Å². The van der Waals surface area contributed by atoms with Gasteiger partial charge in [-0.25, -0.2) is 8.42 Å². The fourth-order valence-electron chi connectivity index (χ4n) is 1.24. The van der Waals surface area contributed by atoms with Gasteiger partial charge in [-0.3, -0.25) is 4.79 Å². The molecule has 0 heterocycles. The van der Waals surface area contributed by atoms with Crippen LogP contribution in [0.5, 0.6) is 0 Å². The van der Waals surface area contributed by atoms with E-state index in [4.69, 9.17) is 11.6 Å². The van der Waals surface area contributed by atoms with Crippen molar-refractivity contribution in [3.05, 3.63) is 35.4 Å². The molecule has 1 aromatic rings. The number of hydrogen-bond acceptors (Lipinski definition) is 3.